The maximum Gasteiger partial charge on any atom is 0.339 e. The molecule has 5 nitrogen and oxygen atoms in total. The zero-order chi connectivity index (χ0) is 14.3. The van der Waals surface area contributed by atoms with Gasteiger partial charge in [-0.2, -0.15) is 5.10 Å². The van der Waals surface area contributed by atoms with Crippen LogP contribution in [0.2, 0.25) is 5.02 Å². The minimum Gasteiger partial charge on any atom is -0.478 e. The second-order valence-corrected chi connectivity index (χ2v) is 5.02. The molecular weight excluding hydrogens is 278 g/mol. The van der Waals surface area contributed by atoms with Gasteiger partial charge >= 0.3 is 5.97 Å². The smallest absolute Gasteiger partial charge is 0.339 e. The molecule has 0 atom stereocenters. The van der Waals surface area contributed by atoms with Gasteiger partial charge in [-0.25, -0.2) is 4.79 Å². The number of hydrogen-bond acceptors (Lipinski definition) is 2. The minimum atomic E-state index is -0.965. The van der Waals surface area contributed by atoms with Gasteiger partial charge in [0.2, 0.25) is 0 Å². The lowest BCUT2D eigenvalue weighted by molar-refractivity contribution is 0.0695. The number of aryl methyl sites for hydroxylation is 1. The van der Waals surface area contributed by atoms with Gasteiger partial charge in [-0.3, -0.25) is 4.68 Å². The first-order chi connectivity index (χ1) is 9.56. The summed E-state index contributed by atoms with van der Waals surface area (Å²) in [6, 6.07) is 7.59. The van der Waals surface area contributed by atoms with Crippen LogP contribution in [0.5, 0.6) is 0 Å². The number of aromatic carboxylic acids is 1. The molecule has 1 N–H and O–H groups in total. The molecule has 0 aliphatic rings. The highest BCUT2D eigenvalue weighted by Gasteiger charge is 2.15. The van der Waals surface area contributed by atoms with Gasteiger partial charge in [-0.15, -0.1) is 0 Å². The molecule has 0 amide bonds. The van der Waals surface area contributed by atoms with Gasteiger partial charge in [0.05, 0.1) is 18.4 Å². The van der Waals surface area contributed by atoms with Crippen molar-refractivity contribution in [2.45, 2.75) is 6.54 Å². The van der Waals surface area contributed by atoms with Crippen LogP contribution >= 0.6 is 11.6 Å². The van der Waals surface area contributed by atoms with Crippen molar-refractivity contribution in [1.82, 2.24) is 14.3 Å². The topological polar surface area (TPSA) is 60.1 Å². The van der Waals surface area contributed by atoms with Gasteiger partial charge in [0, 0.05) is 29.2 Å². The molecule has 3 aromatic rings. The number of carboxylic acid groups (broad SMARTS) is 1. The summed E-state index contributed by atoms with van der Waals surface area (Å²) >= 11 is 5.96. The Balaban J connectivity index is 2.06. The maximum atomic E-state index is 11.2. The molecule has 0 unspecified atom stereocenters. The molecule has 0 bridgehead atoms. The Bertz CT molecular complexity index is 804. The number of hydrogen-bond donors (Lipinski definition) is 1. The lowest BCUT2D eigenvalue weighted by Crippen LogP contribution is -2.09. The molecule has 2 aromatic heterocycles. The Morgan fingerprint density at radius 2 is 2.20 bits per heavy atom. The van der Waals surface area contributed by atoms with Gasteiger partial charge < -0.3 is 9.67 Å². The summed E-state index contributed by atoms with van der Waals surface area (Å²) in [7, 11) is 1.74. The molecule has 0 aliphatic heterocycles. The van der Waals surface area contributed by atoms with Crippen LogP contribution in [0.1, 0.15) is 16.1 Å². The highest BCUT2D eigenvalue weighted by molar-refractivity contribution is 6.31. The fraction of sp³-hybridized carbons (Fsp3) is 0.143. The van der Waals surface area contributed by atoms with Crippen molar-refractivity contribution in [3.8, 4) is 0 Å². The SMILES string of the molecule is Cn1ncc(C(=O)O)c1Cn1ccc2cc(Cl)ccc21. The van der Waals surface area contributed by atoms with Gasteiger partial charge in [0.1, 0.15) is 5.56 Å². The van der Waals surface area contributed by atoms with E-state index in [1.165, 1.54) is 6.20 Å². The van der Waals surface area contributed by atoms with Crippen LogP contribution in [0, 0.1) is 0 Å². The molecule has 0 aliphatic carbocycles. The number of aromatic nitrogens is 3. The van der Waals surface area contributed by atoms with Crippen LogP contribution < -0.4 is 0 Å². The molecule has 6 heteroatoms. The van der Waals surface area contributed by atoms with Crippen LogP contribution in [0.3, 0.4) is 0 Å². The molecule has 0 radical (unpaired) electrons. The van der Waals surface area contributed by atoms with Crippen molar-refractivity contribution in [2.24, 2.45) is 7.05 Å². The van der Waals surface area contributed by atoms with Crippen molar-refractivity contribution < 1.29 is 9.90 Å². The standard InChI is InChI=1S/C14H12ClN3O2/c1-17-13(11(7-16-17)14(19)20)8-18-5-4-9-6-10(15)2-3-12(9)18/h2-7H,8H2,1H3,(H,19,20). The van der Waals surface area contributed by atoms with Crippen LogP contribution in [0.4, 0.5) is 0 Å². The van der Waals surface area contributed by atoms with E-state index >= 15 is 0 Å². The van der Waals surface area contributed by atoms with E-state index in [9.17, 15) is 9.90 Å². The van der Waals surface area contributed by atoms with E-state index in [1.807, 2.05) is 35.0 Å². The second-order valence-electron chi connectivity index (χ2n) is 4.58. The average molecular weight is 290 g/mol. The van der Waals surface area contributed by atoms with E-state index < -0.39 is 5.97 Å². The number of halogens is 1. The summed E-state index contributed by atoms with van der Waals surface area (Å²) in [4.78, 5) is 11.2. The van der Waals surface area contributed by atoms with Crippen molar-refractivity contribution in [1.29, 1.82) is 0 Å². The van der Waals surface area contributed by atoms with E-state index in [0.717, 1.165) is 10.9 Å². The Kier molecular flexibility index (Phi) is 2.99. The Hall–Kier alpha value is -2.27. The van der Waals surface area contributed by atoms with E-state index in [-0.39, 0.29) is 5.56 Å². The predicted octanol–water partition coefficient (Wildman–Crippen LogP) is 2.77. The third-order valence-corrected chi connectivity index (χ3v) is 3.58. The molecule has 3 rings (SSSR count). The molecular formula is C14H12ClN3O2. The van der Waals surface area contributed by atoms with Gasteiger partial charge in [-0.05, 0) is 24.3 Å². The largest absolute Gasteiger partial charge is 0.478 e. The third-order valence-electron chi connectivity index (χ3n) is 3.35. The number of carbonyl (C=O) groups is 1. The highest BCUT2D eigenvalue weighted by Crippen LogP contribution is 2.22. The molecule has 0 saturated heterocycles. The maximum absolute atomic E-state index is 11.2. The lowest BCUT2D eigenvalue weighted by Gasteiger charge is -2.07. The molecule has 0 fully saturated rings. The minimum absolute atomic E-state index is 0.225. The van der Waals surface area contributed by atoms with Crippen LogP contribution in [0.15, 0.2) is 36.7 Å². The number of rotatable bonds is 3. The molecule has 20 heavy (non-hydrogen) atoms. The Morgan fingerprint density at radius 3 is 2.95 bits per heavy atom. The summed E-state index contributed by atoms with van der Waals surface area (Å²) in [5, 5.41) is 14.9. The van der Waals surface area contributed by atoms with E-state index in [4.69, 9.17) is 11.6 Å². The first kappa shape index (κ1) is 12.7. The summed E-state index contributed by atoms with van der Waals surface area (Å²) in [5.41, 5.74) is 1.89. The van der Waals surface area contributed by atoms with Gasteiger partial charge in [-0.1, -0.05) is 11.6 Å². The zero-order valence-electron chi connectivity index (χ0n) is 10.7. The van der Waals surface area contributed by atoms with Crippen molar-refractivity contribution in [2.75, 3.05) is 0 Å². The Morgan fingerprint density at radius 1 is 1.40 bits per heavy atom. The zero-order valence-corrected chi connectivity index (χ0v) is 11.5. The third kappa shape index (κ3) is 2.06. The number of carboxylic acids is 1. The monoisotopic (exact) mass is 289 g/mol. The van der Waals surface area contributed by atoms with Gasteiger partial charge in [0.25, 0.3) is 0 Å². The predicted molar refractivity (Wildman–Crippen MR) is 76.2 cm³/mol. The Labute approximate surface area is 120 Å². The first-order valence-electron chi connectivity index (χ1n) is 6.05. The molecule has 2 heterocycles. The fourth-order valence-electron chi connectivity index (χ4n) is 2.30. The molecule has 0 spiro atoms. The summed E-state index contributed by atoms with van der Waals surface area (Å²) in [6.45, 7) is 0.448. The van der Waals surface area contributed by atoms with Crippen LogP contribution in [0.25, 0.3) is 10.9 Å². The van der Waals surface area contributed by atoms with Crippen molar-refractivity contribution >= 4 is 28.5 Å². The first-order valence-corrected chi connectivity index (χ1v) is 6.42. The summed E-state index contributed by atoms with van der Waals surface area (Å²) in [5.74, 6) is -0.965. The summed E-state index contributed by atoms with van der Waals surface area (Å²) in [6.07, 6.45) is 3.29. The van der Waals surface area contributed by atoms with Crippen molar-refractivity contribution in [3.05, 3.63) is 52.9 Å². The fourth-order valence-corrected chi connectivity index (χ4v) is 2.48. The van der Waals surface area contributed by atoms with E-state index in [0.29, 0.717) is 17.3 Å². The van der Waals surface area contributed by atoms with Crippen LogP contribution in [-0.2, 0) is 13.6 Å². The van der Waals surface area contributed by atoms with Crippen molar-refractivity contribution in [3.63, 3.8) is 0 Å². The molecule has 1 aromatic carbocycles. The average Bonchev–Trinajstić information content (AvgIpc) is 2.95. The summed E-state index contributed by atoms with van der Waals surface area (Å²) < 4.78 is 3.57. The molecule has 0 saturated carbocycles. The lowest BCUT2D eigenvalue weighted by atomic mass is 10.2. The number of benzene rings is 1. The number of nitrogens with zero attached hydrogens (tertiary/aromatic N) is 3. The van der Waals surface area contributed by atoms with Crippen LogP contribution in [-0.4, -0.2) is 25.4 Å². The van der Waals surface area contributed by atoms with E-state index in [2.05, 4.69) is 5.10 Å². The quantitative estimate of drug-likeness (QED) is 0.806. The van der Waals surface area contributed by atoms with Gasteiger partial charge in [0.15, 0.2) is 0 Å². The van der Waals surface area contributed by atoms with E-state index in [1.54, 1.807) is 11.7 Å². The highest BCUT2D eigenvalue weighted by atomic mass is 35.5. The molecule has 102 valence electrons. The number of fused-ring (bicyclic) bond motifs is 1. The normalized spacial score (nSPS) is 11.1. The second kappa shape index (κ2) is 4.68.